The molecule has 0 saturated heterocycles. The van der Waals surface area contributed by atoms with Gasteiger partial charge in [0, 0.05) is 11.0 Å². The number of thioether (sulfide) groups is 1. The molecule has 0 fully saturated rings. The van der Waals surface area contributed by atoms with Crippen molar-refractivity contribution >= 4 is 11.8 Å². The predicted octanol–water partition coefficient (Wildman–Crippen LogP) is 3.43. The van der Waals surface area contributed by atoms with E-state index >= 15 is 0 Å². The van der Waals surface area contributed by atoms with Gasteiger partial charge in [-0.05, 0) is 32.0 Å². The van der Waals surface area contributed by atoms with Gasteiger partial charge < -0.3 is 9.15 Å². The summed E-state index contributed by atoms with van der Waals surface area (Å²) in [7, 11) is 0. The van der Waals surface area contributed by atoms with Crippen LogP contribution in [0.25, 0.3) is 0 Å². The van der Waals surface area contributed by atoms with Crippen LogP contribution in [0.1, 0.15) is 11.3 Å². The smallest absolute Gasteiger partial charge is 0.336 e. The Kier molecular flexibility index (Phi) is 5.53. The fourth-order valence-corrected chi connectivity index (χ4v) is 2.40. The summed E-state index contributed by atoms with van der Waals surface area (Å²) >= 11 is 1.51. The molecule has 2 aromatic rings. The van der Waals surface area contributed by atoms with Crippen LogP contribution in [0.15, 0.2) is 50.5 Å². The Hall–Kier alpha value is -2.12. The summed E-state index contributed by atoms with van der Waals surface area (Å²) in [4.78, 5) is 12.1. The number of ether oxygens (including phenoxy) is 1. The van der Waals surface area contributed by atoms with Crippen molar-refractivity contribution in [3.63, 3.8) is 0 Å². The molecule has 3 nitrogen and oxygen atoms in total. The van der Waals surface area contributed by atoms with Crippen LogP contribution < -0.4 is 10.4 Å². The Labute approximate surface area is 128 Å². The summed E-state index contributed by atoms with van der Waals surface area (Å²) in [6.07, 6.45) is 0. The third kappa shape index (κ3) is 5.41. The van der Waals surface area contributed by atoms with Crippen LogP contribution >= 0.6 is 11.8 Å². The van der Waals surface area contributed by atoms with Crippen LogP contribution in [-0.4, -0.2) is 12.4 Å². The van der Waals surface area contributed by atoms with Gasteiger partial charge in [0.25, 0.3) is 0 Å². The molecule has 21 heavy (non-hydrogen) atoms. The zero-order valence-corrected chi connectivity index (χ0v) is 12.8. The molecule has 1 aromatic carbocycles. The molecule has 0 aliphatic rings. The summed E-state index contributed by atoms with van der Waals surface area (Å²) < 4.78 is 10.4. The number of benzene rings is 1. The molecule has 0 amide bonds. The number of hydrogen-bond acceptors (Lipinski definition) is 4. The fraction of sp³-hybridized carbons (Fsp3) is 0.235. The van der Waals surface area contributed by atoms with E-state index in [1.54, 1.807) is 6.92 Å². The van der Waals surface area contributed by atoms with Crippen molar-refractivity contribution in [2.75, 3.05) is 12.4 Å². The first kappa shape index (κ1) is 15.3. The minimum Gasteiger partial charge on any atom is -0.481 e. The summed E-state index contributed by atoms with van der Waals surface area (Å²) in [6.45, 7) is 4.15. The van der Waals surface area contributed by atoms with E-state index in [4.69, 9.17) is 9.15 Å². The second-order valence-corrected chi connectivity index (χ2v) is 5.52. The molecule has 0 aliphatic heterocycles. The fourth-order valence-electron chi connectivity index (χ4n) is 1.63. The SMILES string of the molecule is Cc1ccc(OCC#CCSc2cc(C)oc(=O)c2)cc1. The molecule has 0 radical (unpaired) electrons. The standard InChI is InChI=1S/C17H16O3S/c1-13-5-7-15(8-6-13)19-9-3-4-10-21-16-11-14(2)20-17(18)12-16/h5-8,11-12H,9-10H2,1-2H3. The van der Waals surface area contributed by atoms with E-state index in [9.17, 15) is 4.79 Å². The number of hydrogen-bond donors (Lipinski definition) is 0. The minimum atomic E-state index is -0.326. The lowest BCUT2D eigenvalue weighted by Crippen LogP contribution is -1.97. The first-order chi connectivity index (χ1) is 10.1. The maximum atomic E-state index is 11.2. The molecule has 0 unspecified atom stereocenters. The third-order valence-electron chi connectivity index (χ3n) is 2.64. The van der Waals surface area contributed by atoms with E-state index in [0.717, 1.165) is 10.6 Å². The molecule has 0 atom stereocenters. The van der Waals surface area contributed by atoms with Crippen molar-refractivity contribution in [3.8, 4) is 17.6 Å². The van der Waals surface area contributed by atoms with Crippen molar-refractivity contribution in [2.24, 2.45) is 0 Å². The molecule has 0 spiro atoms. The Bertz CT molecular complexity index is 705. The summed E-state index contributed by atoms with van der Waals surface area (Å²) in [5.41, 5.74) is 0.876. The predicted molar refractivity (Wildman–Crippen MR) is 84.9 cm³/mol. The van der Waals surface area contributed by atoms with Crippen LogP contribution in [0.2, 0.25) is 0 Å². The second-order valence-electron chi connectivity index (χ2n) is 4.47. The largest absolute Gasteiger partial charge is 0.481 e. The van der Waals surface area contributed by atoms with Crippen molar-refractivity contribution < 1.29 is 9.15 Å². The van der Waals surface area contributed by atoms with E-state index in [0.29, 0.717) is 18.1 Å². The Morgan fingerprint density at radius 2 is 1.90 bits per heavy atom. The highest BCUT2D eigenvalue weighted by Gasteiger charge is 1.97. The average Bonchev–Trinajstić information content (AvgIpc) is 2.43. The molecule has 1 aromatic heterocycles. The number of aryl methyl sites for hydroxylation is 2. The van der Waals surface area contributed by atoms with Crippen molar-refractivity contribution in [2.45, 2.75) is 18.7 Å². The topological polar surface area (TPSA) is 39.4 Å². The Morgan fingerprint density at radius 1 is 1.14 bits per heavy atom. The monoisotopic (exact) mass is 300 g/mol. The second kappa shape index (κ2) is 7.61. The van der Waals surface area contributed by atoms with Crippen LogP contribution in [0.5, 0.6) is 5.75 Å². The molecular weight excluding hydrogens is 284 g/mol. The lowest BCUT2D eigenvalue weighted by atomic mass is 10.2. The molecule has 0 saturated carbocycles. The Morgan fingerprint density at radius 3 is 2.62 bits per heavy atom. The van der Waals surface area contributed by atoms with Crippen LogP contribution in [-0.2, 0) is 0 Å². The molecule has 0 bridgehead atoms. The zero-order valence-electron chi connectivity index (χ0n) is 12.0. The molecule has 4 heteroatoms. The highest BCUT2D eigenvalue weighted by Crippen LogP contribution is 2.16. The van der Waals surface area contributed by atoms with Crippen molar-refractivity contribution in [3.05, 3.63) is 58.1 Å². The van der Waals surface area contributed by atoms with Crippen molar-refractivity contribution in [1.82, 2.24) is 0 Å². The molecular formula is C17H16O3S. The van der Waals surface area contributed by atoms with E-state index in [1.165, 1.54) is 23.4 Å². The summed E-state index contributed by atoms with van der Waals surface area (Å²) in [5, 5.41) is 0. The average molecular weight is 300 g/mol. The molecule has 0 aliphatic carbocycles. The van der Waals surface area contributed by atoms with Gasteiger partial charge >= 0.3 is 5.63 Å². The van der Waals surface area contributed by atoms with Crippen LogP contribution in [0.4, 0.5) is 0 Å². The first-order valence-corrected chi connectivity index (χ1v) is 7.52. The molecule has 1 heterocycles. The summed E-state index contributed by atoms with van der Waals surface area (Å²) in [6, 6.07) is 11.2. The van der Waals surface area contributed by atoms with Crippen LogP contribution in [0, 0.1) is 25.7 Å². The van der Waals surface area contributed by atoms with Gasteiger partial charge in [0.1, 0.15) is 18.1 Å². The van der Waals surface area contributed by atoms with E-state index in [-0.39, 0.29) is 5.63 Å². The molecule has 2 rings (SSSR count). The van der Waals surface area contributed by atoms with Gasteiger partial charge in [0.05, 0.1) is 5.75 Å². The third-order valence-corrected chi connectivity index (χ3v) is 3.49. The lowest BCUT2D eigenvalue weighted by molar-refractivity contribution is 0.370. The van der Waals surface area contributed by atoms with Gasteiger partial charge in [-0.15, -0.1) is 11.8 Å². The quantitative estimate of drug-likeness (QED) is 0.640. The first-order valence-electron chi connectivity index (χ1n) is 6.53. The van der Waals surface area contributed by atoms with E-state index < -0.39 is 0 Å². The Balaban J connectivity index is 1.76. The van der Waals surface area contributed by atoms with Gasteiger partial charge in [-0.2, -0.15) is 0 Å². The maximum absolute atomic E-state index is 11.2. The van der Waals surface area contributed by atoms with E-state index in [2.05, 4.69) is 11.8 Å². The lowest BCUT2D eigenvalue weighted by Gasteiger charge is -2.01. The van der Waals surface area contributed by atoms with Gasteiger partial charge in [0.2, 0.25) is 0 Å². The minimum absolute atomic E-state index is 0.326. The van der Waals surface area contributed by atoms with E-state index in [1.807, 2.05) is 37.3 Å². The van der Waals surface area contributed by atoms with Crippen molar-refractivity contribution in [1.29, 1.82) is 0 Å². The van der Waals surface area contributed by atoms with Gasteiger partial charge in [-0.3, -0.25) is 0 Å². The normalized spacial score (nSPS) is 9.81. The molecule has 108 valence electrons. The maximum Gasteiger partial charge on any atom is 0.336 e. The highest BCUT2D eigenvalue weighted by atomic mass is 32.2. The van der Waals surface area contributed by atoms with Gasteiger partial charge in [0.15, 0.2) is 0 Å². The van der Waals surface area contributed by atoms with Gasteiger partial charge in [-0.1, -0.05) is 29.5 Å². The highest BCUT2D eigenvalue weighted by molar-refractivity contribution is 7.99. The zero-order chi connectivity index (χ0) is 15.1. The van der Waals surface area contributed by atoms with Gasteiger partial charge in [-0.25, -0.2) is 4.79 Å². The van der Waals surface area contributed by atoms with Crippen LogP contribution in [0.3, 0.4) is 0 Å². The summed E-state index contributed by atoms with van der Waals surface area (Å²) in [5.74, 6) is 8.00. The number of rotatable bonds is 4. The molecule has 0 N–H and O–H groups in total.